The van der Waals surface area contributed by atoms with Crippen molar-refractivity contribution in [2.45, 2.75) is 39.7 Å². The van der Waals surface area contributed by atoms with E-state index < -0.39 is 28.9 Å². The van der Waals surface area contributed by atoms with E-state index in [9.17, 15) is 19.1 Å². The summed E-state index contributed by atoms with van der Waals surface area (Å²) in [6.07, 6.45) is 2.32. The summed E-state index contributed by atoms with van der Waals surface area (Å²) in [5.41, 5.74) is 1.47. The number of amides is 1. The van der Waals surface area contributed by atoms with E-state index >= 15 is 0 Å². The summed E-state index contributed by atoms with van der Waals surface area (Å²) < 4.78 is 13.6. The summed E-state index contributed by atoms with van der Waals surface area (Å²) in [5, 5.41) is 10.7. The lowest BCUT2D eigenvalue weighted by molar-refractivity contribution is -0.123. The normalized spacial score (nSPS) is 19.5. The lowest BCUT2D eigenvalue weighted by Gasteiger charge is -2.29. The van der Waals surface area contributed by atoms with Crippen molar-refractivity contribution in [3.63, 3.8) is 0 Å². The molecule has 0 bridgehead atoms. The lowest BCUT2D eigenvalue weighted by Crippen LogP contribution is -2.32. The molecule has 1 amide bonds. The van der Waals surface area contributed by atoms with Gasteiger partial charge in [-0.05, 0) is 54.8 Å². The molecule has 2 aliphatic rings. The Morgan fingerprint density at radius 1 is 0.968 bits per heavy atom. The van der Waals surface area contributed by atoms with E-state index in [0.29, 0.717) is 11.3 Å². The van der Waals surface area contributed by atoms with Gasteiger partial charge in [0.15, 0.2) is 11.5 Å². The maximum absolute atomic E-state index is 13.6. The van der Waals surface area contributed by atoms with Gasteiger partial charge in [-0.25, -0.2) is 4.39 Å². The molecular formula is C25H27FN2O3. The van der Waals surface area contributed by atoms with Gasteiger partial charge in [0.25, 0.3) is 5.91 Å². The van der Waals surface area contributed by atoms with Crippen molar-refractivity contribution in [2.75, 3.05) is 22.9 Å². The van der Waals surface area contributed by atoms with Crippen molar-refractivity contribution in [3.05, 3.63) is 71.2 Å². The number of hydrogen-bond donors (Lipinski definition) is 1. The summed E-state index contributed by atoms with van der Waals surface area (Å²) in [5.74, 6) is -1.90. The molecule has 162 valence electrons. The second-order valence-electron chi connectivity index (χ2n) is 9.18. The highest BCUT2D eigenvalue weighted by Gasteiger charge is 2.46. The van der Waals surface area contributed by atoms with Gasteiger partial charge >= 0.3 is 0 Å². The largest absolute Gasteiger partial charge is 0.503 e. The highest BCUT2D eigenvalue weighted by molar-refractivity contribution is 6.17. The van der Waals surface area contributed by atoms with Crippen LogP contribution in [0.2, 0.25) is 0 Å². The van der Waals surface area contributed by atoms with E-state index in [2.05, 4.69) is 4.90 Å². The number of anilines is 2. The number of rotatable bonds is 4. The van der Waals surface area contributed by atoms with Crippen LogP contribution in [0.25, 0.3) is 0 Å². The number of carbonyl (C=O) groups is 2. The molecule has 2 heterocycles. The van der Waals surface area contributed by atoms with Gasteiger partial charge < -0.3 is 10.0 Å². The average Bonchev–Trinajstić information content (AvgIpc) is 3.35. The number of Topliss-reactive ketones (excluding diaryl/α,β-unsaturated/α-hetero) is 1. The Hall–Kier alpha value is -3.15. The minimum absolute atomic E-state index is 0.0488. The van der Waals surface area contributed by atoms with Crippen LogP contribution in [0.1, 0.15) is 45.2 Å². The Morgan fingerprint density at radius 2 is 1.52 bits per heavy atom. The fourth-order valence-electron chi connectivity index (χ4n) is 4.27. The lowest BCUT2D eigenvalue weighted by atomic mass is 9.82. The zero-order valence-corrected chi connectivity index (χ0v) is 18.1. The van der Waals surface area contributed by atoms with Crippen LogP contribution in [0.4, 0.5) is 15.8 Å². The Bertz CT molecular complexity index is 1030. The molecular weight excluding hydrogens is 395 g/mol. The molecule has 1 fully saturated rings. The van der Waals surface area contributed by atoms with Gasteiger partial charge in [0, 0.05) is 29.9 Å². The average molecular weight is 423 g/mol. The van der Waals surface area contributed by atoms with E-state index in [0.717, 1.165) is 31.6 Å². The molecule has 0 aliphatic carbocycles. The number of nitrogens with zero attached hydrogens (tertiary/aromatic N) is 2. The van der Waals surface area contributed by atoms with Crippen LogP contribution in [0.3, 0.4) is 0 Å². The summed E-state index contributed by atoms with van der Waals surface area (Å²) in [7, 11) is 0. The fraction of sp³-hybridized carbons (Fsp3) is 0.360. The van der Waals surface area contributed by atoms with Crippen molar-refractivity contribution in [1.82, 2.24) is 0 Å². The fourth-order valence-corrected chi connectivity index (χ4v) is 4.27. The molecule has 0 spiro atoms. The first-order chi connectivity index (χ1) is 14.7. The predicted octanol–water partition coefficient (Wildman–Crippen LogP) is 4.94. The van der Waals surface area contributed by atoms with E-state index in [1.54, 1.807) is 32.9 Å². The first-order valence-corrected chi connectivity index (χ1v) is 10.6. The maximum Gasteiger partial charge on any atom is 0.294 e. The third-order valence-corrected chi connectivity index (χ3v) is 5.92. The zero-order valence-electron chi connectivity index (χ0n) is 18.1. The Morgan fingerprint density at radius 3 is 2.06 bits per heavy atom. The predicted molar refractivity (Wildman–Crippen MR) is 119 cm³/mol. The topological polar surface area (TPSA) is 60.9 Å². The van der Waals surface area contributed by atoms with E-state index in [-0.39, 0.29) is 11.4 Å². The number of ketones is 1. The van der Waals surface area contributed by atoms with E-state index in [1.165, 1.54) is 17.0 Å². The van der Waals surface area contributed by atoms with Gasteiger partial charge in [0.1, 0.15) is 5.82 Å². The van der Waals surface area contributed by atoms with Crippen LogP contribution in [0.15, 0.2) is 59.9 Å². The van der Waals surface area contributed by atoms with Gasteiger partial charge in [-0.15, -0.1) is 0 Å². The molecule has 4 rings (SSSR count). The number of aliphatic hydroxyl groups is 1. The van der Waals surface area contributed by atoms with Crippen LogP contribution in [0.5, 0.6) is 0 Å². The Kier molecular flexibility index (Phi) is 5.33. The third-order valence-electron chi connectivity index (χ3n) is 5.92. The van der Waals surface area contributed by atoms with Crippen molar-refractivity contribution in [3.8, 4) is 0 Å². The van der Waals surface area contributed by atoms with E-state index in [4.69, 9.17) is 0 Å². The minimum atomic E-state index is -0.822. The number of benzene rings is 2. The molecule has 0 aromatic heterocycles. The van der Waals surface area contributed by atoms with Crippen LogP contribution in [-0.4, -0.2) is 29.9 Å². The monoisotopic (exact) mass is 422 g/mol. The van der Waals surface area contributed by atoms with Crippen LogP contribution >= 0.6 is 0 Å². The standard InChI is InChI=1S/C25H27FN2O3/c1-25(2,3)23(30)20-21(16-6-8-17(26)9-7-16)28(24(31)22(20)29)19-12-10-18(11-13-19)27-14-4-5-15-27/h6-13,21,29H,4-5,14-15H2,1-3H3. The Labute approximate surface area is 181 Å². The third kappa shape index (κ3) is 3.82. The molecule has 0 radical (unpaired) electrons. The molecule has 0 saturated carbocycles. The molecule has 1 N–H and O–H groups in total. The summed E-state index contributed by atoms with van der Waals surface area (Å²) in [4.78, 5) is 30.0. The molecule has 2 aliphatic heterocycles. The molecule has 1 unspecified atom stereocenters. The van der Waals surface area contributed by atoms with Crippen LogP contribution < -0.4 is 9.80 Å². The summed E-state index contributed by atoms with van der Waals surface area (Å²) in [6.45, 7) is 7.25. The molecule has 1 saturated heterocycles. The first-order valence-electron chi connectivity index (χ1n) is 10.6. The van der Waals surface area contributed by atoms with Crippen molar-refractivity contribution < 1.29 is 19.1 Å². The summed E-state index contributed by atoms with van der Waals surface area (Å²) in [6, 6.07) is 12.4. The van der Waals surface area contributed by atoms with Crippen LogP contribution in [0, 0.1) is 11.2 Å². The number of aliphatic hydroxyl groups excluding tert-OH is 1. The zero-order chi connectivity index (χ0) is 22.3. The molecule has 31 heavy (non-hydrogen) atoms. The smallest absolute Gasteiger partial charge is 0.294 e. The number of carbonyl (C=O) groups excluding carboxylic acids is 2. The number of hydrogen-bond acceptors (Lipinski definition) is 4. The Balaban J connectivity index is 1.78. The molecule has 2 aromatic carbocycles. The molecule has 1 atom stereocenters. The maximum atomic E-state index is 13.6. The SMILES string of the molecule is CC(C)(C)C(=O)C1=C(O)C(=O)N(c2ccc(N3CCCC3)cc2)C1c1ccc(F)cc1. The highest BCUT2D eigenvalue weighted by atomic mass is 19.1. The van der Waals surface area contributed by atoms with Gasteiger partial charge in [0.05, 0.1) is 11.6 Å². The summed E-state index contributed by atoms with van der Waals surface area (Å²) >= 11 is 0. The quantitative estimate of drug-likeness (QED) is 0.758. The molecule has 6 heteroatoms. The van der Waals surface area contributed by atoms with Gasteiger partial charge in [-0.2, -0.15) is 0 Å². The van der Waals surface area contributed by atoms with Crippen LogP contribution in [-0.2, 0) is 9.59 Å². The molecule has 5 nitrogen and oxygen atoms in total. The van der Waals surface area contributed by atoms with Crippen molar-refractivity contribution >= 4 is 23.1 Å². The highest BCUT2D eigenvalue weighted by Crippen LogP contribution is 2.43. The van der Waals surface area contributed by atoms with Gasteiger partial charge in [-0.3, -0.25) is 14.5 Å². The second-order valence-corrected chi connectivity index (χ2v) is 9.18. The van der Waals surface area contributed by atoms with Gasteiger partial charge in [-0.1, -0.05) is 32.9 Å². The second kappa shape index (κ2) is 7.84. The van der Waals surface area contributed by atoms with E-state index in [1.807, 2.05) is 24.3 Å². The van der Waals surface area contributed by atoms with Gasteiger partial charge in [0.2, 0.25) is 0 Å². The van der Waals surface area contributed by atoms with Crippen molar-refractivity contribution in [1.29, 1.82) is 0 Å². The molecule has 2 aromatic rings. The first kappa shape index (κ1) is 21.1. The minimum Gasteiger partial charge on any atom is -0.503 e. The van der Waals surface area contributed by atoms with Crippen molar-refractivity contribution in [2.24, 2.45) is 5.41 Å². The number of halogens is 1.